The van der Waals surface area contributed by atoms with Crippen molar-refractivity contribution in [2.24, 2.45) is 0 Å². The van der Waals surface area contributed by atoms with Gasteiger partial charge in [-0.3, -0.25) is 9.54 Å². The van der Waals surface area contributed by atoms with Gasteiger partial charge in [0.1, 0.15) is 10.7 Å². The lowest BCUT2D eigenvalue weighted by atomic mass is 10.1. The molecule has 0 radical (unpaired) electrons. The molecule has 3 rings (SSSR count). The molecule has 2 aromatic heterocycles. The molecule has 0 spiro atoms. The highest BCUT2D eigenvalue weighted by Crippen LogP contribution is 2.28. The number of hydrogen-bond donors (Lipinski definition) is 2. The lowest BCUT2D eigenvalue weighted by Gasteiger charge is -2.10. The molecular weight excluding hydrogens is 433 g/mol. The zero-order valence-corrected chi connectivity index (χ0v) is 18.0. The maximum atomic E-state index is 14.2. The van der Waals surface area contributed by atoms with Crippen LogP contribution in [0, 0.1) is 5.82 Å². The minimum absolute atomic E-state index is 0.0502. The van der Waals surface area contributed by atoms with Gasteiger partial charge in [-0.1, -0.05) is 12.1 Å². The molecule has 0 amide bonds. The number of pyridine rings is 1. The van der Waals surface area contributed by atoms with Gasteiger partial charge in [-0.25, -0.2) is 16.8 Å². The highest BCUT2D eigenvalue weighted by Gasteiger charge is 2.23. The molecule has 162 valence electrons. The average Bonchev–Trinajstić information content (AvgIpc) is 3.14. The van der Waals surface area contributed by atoms with Crippen LogP contribution in [0.4, 0.5) is 4.39 Å². The predicted molar refractivity (Wildman–Crippen MR) is 112 cm³/mol. The molecule has 30 heavy (non-hydrogen) atoms. The smallest absolute Gasteiger partial charge is 0.269 e. The van der Waals surface area contributed by atoms with Crippen molar-refractivity contribution in [1.29, 1.82) is 0 Å². The molecule has 0 aliphatic rings. The summed E-state index contributed by atoms with van der Waals surface area (Å²) >= 11 is 0. The Morgan fingerprint density at radius 2 is 1.80 bits per heavy atom. The quantitative estimate of drug-likeness (QED) is 0.548. The summed E-state index contributed by atoms with van der Waals surface area (Å²) in [5.74, 6) is -0.679. The van der Waals surface area contributed by atoms with Crippen molar-refractivity contribution in [3.8, 4) is 11.3 Å². The third-order valence-corrected chi connectivity index (χ3v) is 6.32. The number of nitrogens with zero attached hydrogens (tertiary/aromatic N) is 2. The first-order valence-corrected chi connectivity index (χ1v) is 11.9. The van der Waals surface area contributed by atoms with Crippen LogP contribution in [-0.4, -0.2) is 43.1 Å². The third kappa shape index (κ3) is 5.95. The van der Waals surface area contributed by atoms with Crippen LogP contribution < -0.4 is 5.32 Å². The van der Waals surface area contributed by atoms with Crippen molar-refractivity contribution < 1.29 is 25.8 Å². The van der Waals surface area contributed by atoms with E-state index in [1.54, 1.807) is 37.4 Å². The summed E-state index contributed by atoms with van der Waals surface area (Å²) in [7, 11) is -5.77. The molecule has 1 aromatic carbocycles. The van der Waals surface area contributed by atoms with Gasteiger partial charge in [0.05, 0.1) is 11.4 Å². The highest BCUT2D eigenvalue weighted by atomic mass is 32.2. The van der Waals surface area contributed by atoms with Crippen molar-refractivity contribution in [3.63, 3.8) is 0 Å². The number of hydrogen-bond acceptors (Lipinski definition) is 6. The van der Waals surface area contributed by atoms with Crippen molar-refractivity contribution in [2.45, 2.75) is 18.4 Å². The third-order valence-electron chi connectivity index (χ3n) is 3.93. The van der Waals surface area contributed by atoms with Gasteiger partial charge in [0.15, 0.2) is 0 Å². The van der Waals surface area contributed by atoms with E-state index in [1.165, 1.54) is 37.6 Å². The van der Waals surface area contributed by atoms with Crippen molar-refractivity contribution in [2.75, 3.05) is 12.8 Å². The Morgan fingerprint density at radius 3 is 2.33 bits per heavy atom. The molecule has 2 heterocycles. The molecule has 0 bridgehead atoms. The first-order valence-electron chi connectivity index (χ1n) is 8.81. The van der Waals surface area contributed by atoms with Crippen molar-refractivity contribution in [3.05, 3.63) is 72.4 Å². The molecular formula is C19H22FN3O5S2. The van der Waals surface area contributed by atoms with Crippen LogP contribution in [-0.2, 0) is 26.7 Å². The van der Waals surface area contributed by atoms with E-state index >= 15 is 0 Å². The molecule has 0 saturated heterocycles. The molecule has 0 atom stereocenters. The molecule has 3 aromatic rings. The number of aromatic nitrogens is 2. The van der Waals surface area contributed by atoms with E-state index in [2.05, 4.69) is 10.3 Å². The van der Waals surface area contributed by atoms with Crippen LogP contribution in [0.15, 0.2) is 66.0 Å². The summed E-state index contributed by atoms with van der Waals surface area (Å²) < 4.78 is 68.1. The molecule has 0 unspecified atom stereocenters. The largest absolute Gasteiger partial charge is 0.316 e. The summed E-state index contributed by atoms with van der Waals surface area (Å²) in [5.41, 5.74) is 1.25. The van der Waals surface area contributed by atoms with E-state index in [1.807, 2.05) is 0 Å². The van der Waals surface area contributed by atoms with Gasteiger partial charge in [0.2, 0.25) is 0 Å². The van der Waals surface area contributed by atoms with Gasteiger partial charge < -0.3 is 5.32 Å². The van der Waals surface area contributed by atoms with E-state index in [0.717, 1.165) is 9.54 Å². The minimum atomic E-state index is -3.87. The van der Waals surface area contributed by atoms with Gasteiger partial charge >= 0.3 is 0 Å². The standard InChI is InChI=1S/C17H16FN3O2S.C2H6O3S/c1-19-10-13-9-17(15-6-2-3-7-16(15)18)21(12-13)24(22,23)14-5-4-8-20-11-14;1-2-6(3,4)5/h2-9,11-12,19H,10H2,1H3;2H2,1H3,(H,3,4,5). The average molecular weight is 456 g/mol. The molecule has 11 heteroatoms. The Kier molecular flexibility index (Phi) is 7.84. The molecule has 0 fully saturated rings. The van der Waals surface area contributed by atoms with E-state index in [9.17, 15) is 21.2 Å². The number of rotatable bonds is 6. The highest BCUT2D eigenvalue weighted by molar-refractivity contribution is 7.90. The second-order valence-electron chi connectivity index (χ2n) is 6.10. The molecule has 0 aliphatic heterocycles. The maximum absolute atomic E-state index is 14.2. The molecule has 8 nitrogen and oxygen atoms in total. The number of halogens is 1. The predicted octanol–water partition coefficient (Wildman–Crippen LogP) is 2.54. The number of benzene rings is 1. The fourth-order valence-electron chi connectivity index (χ4n) is 2.47. The van der Waals surface area contributed by atoms with Crippen LogP contribution >= 0.6 is 0 Å². The Morgan fingerprint density at radius 1 is 1.13 bits per heavy atom. The number of nitrogens with one attached hydrogen (secondary N) is 1. The zero-order valence-electron chi connectivity index (χ0n) is 16.4. The van der Waals surface area contributed by atoms with Crippen LogP contribution in [0.1, 0.15) is 12.5 Å². The topological polar surface area (TPSA) is 118 Å². The minimum Gasteiger partial charge on any atom is -0.316 e. The van der Waals surface area contributed by atoms with Crippen LogP contribution in [0.25, 0.3) is 11.3 Å². The Hall–Kier alpha value is -2.60. The first kappa shape index (κ1) is 23.7. The Bertz CT molecular complexity index is 1190. The molecule has 0 aliphatic carbocycles. The second-order valence-corrected chi connectivity index (χ2v) is 9.66. The Balaban J connectivity index is 0.000000469. The van der Waals surface area contributed by atoms with Gasteiger partial charge in [-0.2, -0.15) is 8.42 Å². The zero-order chi connectivity index (χ0) is 22.4. The van der Waals surface area contributed by atoms with Crippen molar-refractivity contribution >= 4 is 20.1 Å². The van der Waals surface area contributed by atoms with Crippen LogP contribution in [0.3, 0.4) is 0 Å². The van der Waals surface area contributed by atoms with Gasteiger partial charge in [-0.05, 0) is 49.9 Å². The summed E-state index contributed by atoms with van der Waals surface area (Å²) in [5, 5.41) is 2.97. The van der Waals surface area contributed by atoms with E-state index in [-0.39, 0.29) is 21.9 Å². The SMILES string of the molecule is CCS(=O)(=O)O.CNCc1cc(-c2ccccc2F)n(S(=O)(=O)c2cccnc2)c1. The Labute approximate surface area is 175 Å². The molecule has 0 saturated carbocycles. The summed E-state index contributed by atoms with van der Waals surface area (Å²) in [6.07, 6.45) is 4.28. The van der Waals surface area contributed by atoms with E-state index < -0.39 is 26.0 Å². The fraction of sp³-hybridized carbons (Fsp3) is 0.211. The lowest BCUT2D eigenvalue weighted by Crippen LogP contribution is -2.14. The van der Waals surface area contributed by atoms with E-state index in [0.29, 0.717) is 6.54 Å². The maximum Gasteiger partial charge on any atom is 0.269 e. The summed E-state index contributed by atoms with van der Waals surface area (Å²) in [4.78, 5) is 3.91. The van der Waals surface area contributed by atoms with Gasteiger partial charge in [-0.15, -0.1) is 0 Å². The monoisotopic (exact) mass is 455 g/mol. The normalized spacial score (nSPS) is 11.6. The lowest BCUT2D eigenvalue weighted by molar-refractivity contribution is 0.484. The van der Waals surface area contributed by atoms with Crippen molar-refractivity contribution in [1.82, 2.24) is 14.3 Å². The second kappa shape index (κ2) is 9.94. The summed E-state index contributed by atoms with van der Waals surface area (Å²) in [6, 6.07) is 10.8. The van der Waals surface area contributed by atoms with Gasteiger partial charge in [0.25, 0.3) is 20.1 Å². The fourth-order valence-corrected chi connectivity index (χ4v) is 3.83. The van der Waals surface area contributed by atoms with Crippen LogP contribution in [0.2, 0.25) is 0 Å². The first-order chi connectivity index (χ1) is 14.1. The summed E-state index contributed by atoms with van der Waals surface area (Å²) in [6.45, 7) is 1.84. The van der Waals surface area contributed by atoms with Gasteiger partial charge in [0, 0.05) is 30.7 Å². The van der Waals surface area contributed by atoms with Crippen LogP contribution in [0.5, 0.6) is 0 Å². The molecule has 2 N–H and O–H groups in total. The van der Waals surface area contributed by atoms with E-state index in [4.69, 9.17) is 4.55 Å².